The monoisotopic (exact) mass is 370 g/mol. The number of nitrogens with one attached hydrogen (secondary N) is 1. The van der Waals surface area contributed by atoms with Gasteiger partial charge in [-0.1, -0.05) is 0 Å². The Labute approximate surface area is 146 Å². The summed E-state index contributed by atoms with van der Waals surface area (Å²) in [6.45, 7) is 3.18. The van der Waals surface area contributed by atoms with Gasteiger partial charge < -0.3 is 18.9 Å². The Hall–Kier alpha value is -2.95. The maximum absolute atomic E-state index is 12.1. The summed E-state index contributed by atoms with van der Waals surface area (Å²) in [7, 11) is 0. The number of ether oxygens (including phenoxy) is 4. The molecule has 2 rings (SSSR count). The molecular weight excluding hydrogens is 352 g/mol. The first-order valence-electron chi connectivity index (χ1n) is 7.63. The van der Waals surface area contributed by atoms with E-state index in [0.29, 0.717) is 0 Å². The summed E-state index contributed by atoms with van der Waals surface area (Å²) < 4.78 is 21.9. The Kier molecular flexibility index (Phi) is 5.93. The summed E-state index contributed by atoms with van der Waals surface area (Å²) >= 11 is 0. The molecule has 1 N–H and O–H groups in total. The van der Waals surface area contributed by atoms with Crippen LogP contribution < -0.4 is 11.2 Å². The van der Waals surface area contributed by atoms with E-state index in [2.05, 4.69) is 0 Å². The van der Waals surface area contributed by atoms with Gasteiger partial charge in [-0.25, -0.2) is 4.79 Å². The molecule has 1 saturated heterocycles. The Bertz CT molecular complexity index is 812. The van der Waals surface area contributed by atoms with Crippen LogP contribution in [0, 0.1) is 0 Å². The number of nitrogens with zero attached hydrogens (tertiary/aromatic N) is 1. The minimum absolute atomic E-state index is 0.231. The van der Waals surface area contributed by atoms with Gasteiger partial charge in [-0.2, -0.15) is 0 Å². The van der Waals surface area contributed by atoms with Crippen molar-refractivity contribution in [2.24, 2.45) is 0 Å². The molecule has 0 radical (unpaired) electrons. The maximum Gasteiger partial charge on any atom is 0.330 e. The van der Waals surface area contributed by atoms with E-state index in [-0.39, 0.29) is 6.61 Å². The lowest BCUT2D eigenvalue weighted by molar-refractivity contribution is -0.240. The van der Waals surface area contributed by atoms with Gasteiger partial charge in [0.05, 0.1) is 6.61 Å². The van der Waals surface area contributed by atoms with Crippen LogP contribution in [0.25, 0.3) is 0 Å². The second-order valence-corrected chi connectivity index (χ2v) is 5.54. The molecule has 142 valence electrons. The first-order valence-corrected chi connectivity index (χ1v) is 7.63. The Morgan fingerprint density at radius 3 is 2.15 bits per heavy atom. The zero-order valence-corrected chi connectivity index (χ0v) is 14.3. The quantitative estimate of drug-likeness (QED) is 0.514. The van der Waals surface area contributed by atoms with Gasteiger partial charge in [-0.15, -0.1) is 0 Å². The zero-order chi connectivity index (χ0) is 19.4. The van der Waals surface area contributed by atoms with E-state index >= 15 is 0 Å². The van der Waals surface area contributed by atoms with Crippen LogP contribution in [0.4, 0.5) is 0 Å². The number of hydrogen-bond acceptors (Lipinski definition) is 9. The van der Waals surface area contributed by atoms with Crippen LogP contribution in [-0.4, -0.2) is 52.4 Å². The molecule has 0 spiro atoms. The highest BCUT2D eigenvalue weighted by Crippen LogP contribution is 2.29. The number of esters is 3. The van der Waals surface area contributed by atoms with Crippen molar-refractivity contribution < 1.29 is 33.3 Å². The smallest absolute Gasteiger partial charge is 0.330 e. The second kappa shape index (κ2) is 7.95. The van der Waals surface area contributed by atoms with Gasteiger partial charge in [0, 0.05) is 33.0 Å². The zero-order valence-electron chi connectivity index (χ0n) is 14.3. The molecule has 1 aromatic rings. The maximum atomic E-state index is 12.1. The largest absolute Gasteiger partial charge is 0.456 e. The molecule has 2 heterocycles. The molecule has 1 aliphatic rings. The van der Waals surface area contributed by atoms with E-state index < -0.39 is 53.7 Å². The summed E-state index contributed by atoms with van der Waals surface area (Å²) in [5.74, 6) is -2.10. The van der Waals surface area contributed by atoms with Crippen LogP contribution in [0.1, 0.15) is 27.0 Å². The van der Waals surface area contributed by atoms with Crippen LogP contribution in [0.15, 0.2) is 21.9 Å². The molecule has 0 amide bonds. The highest BCUT2D eigenvalue weighted by molar-refractivity contribution is 5.68. The predicted molar refractivity (Wildman–Crippen MR) is 83.0 cm³/mol. The fraction of sp³-hybridized carbons (Fsp3) is 0.533. The van der Waals surface area contributed by atoms with E-state index in [1.165, 1.54) is 0 Å². The lowest BCUT2D eigenvalue weighted by Gasteiger charge is -2.40. The average Bonchev–Trinajstić information content (AvgIpc) is 2.50. The van der Waals surface area contributed by atoms with Crippen molar-refractivity contribution in [3.05, 3.63) is 33.1 Å². The highest BCUT2D eigenvalue weighted by atomic mass is 16.6. The number of carbonyl (C=O) groups is 3. The topological polar surface area (TPSA) is 143 Å². The SMILES string of the molecule is CC(=O)O[C@@H]1[C@H](OC(C)=O)[C@@H](n2ccc(=O)[nH]c2=O)OC[C@@H]1OC(C)=O. The molecule has 4 atom stereocenters. The minimum Gasteiger partial charge on any atom is -0.456 e. The molecular formula is C15H18N2O9. The number of rotatable bonds is 4. The third-order valence-electron chi connectivity index (χ3n) is 3.45. The van der Waals surface area contributed by atoms with Gasteiger partial charge >= 0.3 is 23.6 Å². The summed E-state index contributed by atoms with van der Waals surface area (Å²) in [6.07, 6.45) is -3.61. The van der Waals surface area contributed by atoms with Crippen molar-refractivity contribution in [1.82, 2.24) is 9.55 Å². The van der Waals surface area contributed by atoms with Gasteiger partial charge in [0.25, 0.3) is 5.56 Å². The number of H-pyrrole nitrogens is 1. The standard InChI is InChI=1S/C15H18N2O9/c1-7(18)24-10-6-23-14(17-5-4-11(21)16-15(17)22)13(26-9(3)20)12(10)25-8(2)19/h4-5,10,12-14H,6H2,1-3H3,(H,16,21,22)/t10-,12-,13-,14-/m0/s1. The third kappa shape index (κ3) is 4.57. The van der Waals surface area contributed by atoms with Crippen molar-refractivity contribution in [2.75, 3.05) is 6.61 Å². The van der Waals surface area contributed by atoms with Gasteiger partial charge in [0.2, 0.25) is 0 Å². The van der Waals surface area contributed by atoms with E-state index in [1.54, 1.807) is 0 Å². The molecule has 0 aliphatic carbocycles. The normalized spacial score (nSPS) is 25.2. The molecule has 1 fully saturated rings. The van der Waals surface area contributed by atoms with E-state index in [0.717, 1.165) is 37.6 Å². The molecule has 0 aromatic carbocycles. The second-order valence-electron chi connectivity index (χ2n) is 5.54. The van der Waals surface area contributed by atoms with Crippen LogP contribution in [0.5, 0.6) is 0 Å². The number of hydrogen-bond donors (Lipinski definition) is 1. The average molecular weight is 370 g/mol. The highest BCUT2D eigenvalue weighted by Gasteiger charge is 2.47. The first-order chi connectivity index (χ1) is 12.2. The van der Waals surface area contributed by atoms with Crippen molar-refractivity contribution in [1.29, 1.82) is 0 Å². The lowest BCUT2D eigenvalue weighted by atomic mass is 10.0. The van der Waals surface area contributed by atoms with Crippen molar-refractivity contribution >= 4 is 17.9 Å². The molecule has 0 saturated carbocycles. The van der Waals surface area contributed by atoms with E-state index in [9.17, 15) is 24.0 Å². The lowest BCUT2D eigenvalue weighted by Crippen LogP contribution is -2.56. The van der Waals surface area contributed by atoms with Crippen LogP contribution in [-0.2, 0) is 33.3 Å². The van der Waals surface area contributed by atoms with Crippen LogP contribution >= 0.6 is 0 Å². The van der Waals surface area contributed by atoms with Gasteiger partial charge in [0.15, 0.2) is 24.5 Å². The molecule has 0 unspecified atom stereocenters. The van der Waals surface area contributed by atoms with E-state index in [4.69, 9.17) is 18.9 Å². The van der Waals surface area contributed by atoms with Gasteiger partial charge in [-0.3, -0.25) is 28.7 Å². The van der Waals surface area contributed by atoms with Gasteiger partial charge in [0.1, 0.15) is 0 Å². The number of aromatic amines is 1. The summed E-state index contributed by atoms with van der Waals surface area (Å²) in [6, 6.07) is 1.08. The number of carbonyl (C=O) groups excluding carboxylic acids is 3. The fourth-order valence-electron chi connectivity index (χ4n) is 2.59. The Balaban J connectivity index is 2.46. The van der Waals surface area contributed by atoms with Crippen LogP contribution in [0.2, 0.25) is 0 Å². The molecule has 1 aliphatic heterocycles. The summed E-state index contributed by atoms with van der Waals surface area (Å²) in [5.41, 5.74) is -1.44. The van der Waals surface area contributed by atoms with Crippen molar-refractivity contribution in [2.45, 2.75) is 45.3 Å². The molecule has 1 aromatic heterocycles. The third-order valence-corrected chi connectivity index (χ3v) is 3.45. The summed E-state index contributed by atoms with van der Waals surface area (Å²) in [4.78, 5) is 59.6. The minimum atomic E-state index is -1.29. The Morgan fingerprint density at radius 2 is 1.62 bits per heavy atom. The van der Waals surface area contributed by atoms with Crippen molar-refractivity contribution in [3.63, 3.8) is 0 Å². The molecule has 11 nitrogen and oxygen atoms in total. The van der Waals surface area contributed by atoms with Gasteiger partial charge in [-0.05, 0) is 0 Å². The van der Waals surface area contributed by atoms with E-state index in [1.807, 2.05) is 4.98 Å². The summed E-state index contributed by atoms with van der Waals surface area (Å²) in [5, 5.41) is 0. The first kappa shape index (κ1) is 19.4. The predicted octanol–water partition coefficient (Wildman–Crippen LogP) is -1.14. The fourth-order valence-corrected chi connectivity index (χ4v) is 2.59. The molecule has 26 heavy (non-hydrogen) atoms. The Morgan fingerprint density at radius 1 is 1.04 bits per heavy atom. The number of aromatic nitrogens is 2. The molecule has 0 bridgehead atoms. The van der Waals surface area contributed by atoms with Crippen molar-refractivity contribution in [3.8, 4) is 0 Å². The van der Waals surface area contributed by atoms with Crippen LogP contribution in [0.3, 0.4) is 0 Å². The molecule has 11 heteroatoms.